The molecule has 2 unspecified atom stereocenters. The van der Waals surface area contributed by atoms with Gasteiger partial charge in [0.15, 0.2) is 6.17 Å². The molecule has 4 amide bonds. The second-order valence-corrected chi connectivity index (χ2v) is 3.61. The number of rotatable bonds is 5. The molecular formula is C9H16N4O4. The first-order chi connectivity index (χ1) is 8.17. The summed E-state index contributed by atoms with van der Waals surface area (Å²) in [6.45, 7) is 4.44. The summed E-state index contributed by atoms with van der Waals surface area (Å²) < 4.78 is 10.7. The van der Waals surface area contributed by atoms with E-state index in [-0.39, 0.29) is 12.1 Å². The Labute approximate surface area is 98.6 Å². The molecule has 2 fully saturated rings. The van der Waals surface area contributed by atoms with Crippen molar-refractivity contribution in [3.05, 3.63) is 0 Å². The number of urea groups is 2. The van der Waals surface area contributed by atoms with Crippen LogP contribution in [0.1, 0.15) is 13.8 Å². The minimum atomic E-state index is -0.791. The molecule has 0 saturated carbocycles. The number of ether oxygens (including phenoxy) is 2. The second kappa shape index (κ2) is 4.76. The van der Waals surface area contributed by atoms with Crippen LogP contribution in [-0.4, -0.2) is 48.9 Å². The molecule has 2 aliphatic heterocycles. The molecule has 8 nitrogen and oxygen atoms in total. The highest BCUT2D eigenvalue weighted by Crippen LogP contribution is 2.18. The average molecular weight is 244 g/mol. The van der Waals surface area contributed by atoms with Crippen molar-refractivity contribution >= 4 is 12.1 Å². The second-order valence-electron chi connectivity index (χ2n) is 3.61. The van der Waals surface area contributed by atoms with Gasteiger partial charge in [0.25, 0.3) is 0 Å². The zero-order valence-electron chi connectivity index (χ0n) is 9.73. The third-order valence-corrected chi connectivity index (χ3v) is 2.54. The largest absolute Gasteiger partial charge is 0.335 e. The maximum absolute atomic E-state index is 11.7. The maximum Gasteiger partial charge on any atom is 0.324 e. The van der Waals surface area contributed by atoms with Gasteiger partial charge in [0, 0.05) is 13.2 Å². The first-order valence-electron chi connectivity index (χ1n) is 5.56. The zero-order valence-corrected chi connectivity index (χ0v) is 9.73. The standard InChI is InChI=1S/C9H16N4O4/c1-3-16-9(17-4-2)13-6-5(11-8(13)15)10-7(14)12-6/h5-6,9H,3-4H2,1-2H3,(H,11,15)(H2,10,12,14). The number of fused-ring (bicyclic) bond motifs is 1. The van der Waals surface area contributed by atoms with Crippen LogP contribution in [0.15, 0.2) is 0 Å². The molecule has 8 heteroatoms. The van der Waals surface area contributed by atoms with E-state index in [1.165, 1.54) is 4.90 Å². The van der Waals surface area contributed by atoms with Crippen LogP contribution in [0.5, 0.6) is 0 Å². The van der Waals surface area contributed by atoms with Crippen molar-refractivity contribution < 1.29 is 19.1 Å². The molecule has 0 aliphatic carbocycles. The van der Waals surface area contributed by atoms with Gasteiger partial charge in [0.2, 0.25) is 6.41 Å². The Morgan fingerprint density at radius 2 is 1.82 bits per heavy atom. The molecule has 3 N–H and O–H groups in total. The summed E-state index contributed by atoms with van der Waals surface area (Å²) in [5.74, 6) is 0. The van der Waals surface area contributed by atoms with Gasteiger partial charge >= 0.3 is 12.1 Å². The fraction of sp³-hybridized carbons (Fsp3) is 0.778. The molecule has 17 heavy (non-hydrogen) atoms. The topological polar surface area (TPSA) is 91.9 Å². The fourth-order valence-corrected chi connectivity index (χ4v) is 1.88. The molecule has 0 aromatic heterocycles. The number of nitrogens with zero attached hydrogens (tertiary/aromatic N) is 1. The lowest BCUT2D eigenvalue weighted by Crippen LogP contribution is -2.51. The predicted molar refractivity (Wildman–Crippen MR) is 56.7 cm³/mol. The van der Waals surface area contributed by atoms with Gasteiger partial charge in [-0.2, -0.15) is 0 Å². The summed E-state index contributed by atoms with van der Waals surface area (Å²) in [7, 11) is 0. The Morgan fingerprint density at radius 1 is 1.18 bits per heavy atom. The molecular weight excluding hydrogens is 228 g/mol. The predicted octanol–water partition coefficient (Wildman–Crippen LogP) is -0.667. The summed E-state index contributed by atoms with van der Waals surface area (Å²) in [6, 6.07) is -0.656. The lowest BCUT2D eigenvalue weighted by atomic mass is 10.4. The quantitative estimate of drug-likeness (QED) is 0.559. The summed E-state index contributed by atoms with van der Waals surface area (Å²) >= 11 is 0. The van der Waals surface area contributed by atoms with Gasteiger partial charge in [0.1, 0.15) is 6.17 Å². The Morgan fingerprint density at radius 3 is 2.41 bits per heavy atom. The van der Waals surface area contributed by atoms with Crippen molar-refractivity contribution in [3.8, 4) is 0 Å². The van der Waals surface area contributed by atoms with Gasteiger partial charge in [-0.25, -0.2) is 9.59 Å². The van der Waals surface area contributed by atoms with Crippen molar-refractivity contribution in [2.24, 2.45) is 0 Å². The third-order valence-electron chi connectivity index (χ3n) is 2.54. The van der Waals surface area contributed by atoms with Crippen LogP contribution in [0, 0.1) is 0 Å². The third kappa shape index (κ3) is 2.13. The Hall–Kier alpha value is -1.54. The highest BCUT2D eigenvalue weighted by molar-refractivity contribution is 5.84. The Balaban J connectivity index is 2.11. The normalized spacial score (nSPS) is 26.9. The molecule has 96 valence electrons. The molecule has 2 aliphatic rings. The van der Waals surface area contributed by atoms with Crippen LogP contribution >= 0.6 is 0 Å². The lowest BCUT2D eigenvalue weighted by Gasteiger charge is -2.29. The molecule has 2 rings (SSSR count). The molecule has 0 radical (unpaired) electrons. The van der Waals surface area contributed by atoms with Crippen molar-refractivity contribution in [3.63, 3.8) is 0 Å². The van der Waals surface area contributed by atoms with Crippen molar-refractivity contribution in [1.29, 1.82) is 0 Å². The molecule has 2 atom stereocenters. The number of amides is 4. The van der Waals surface area contributed by atoms with E-state index in [9.17, 15) is 9.59 Å². The van der Waals surface area contributed by atoms with Crippen molar-refractivity contribution in [2.45, 2.75) is 32.6 Å². The van der Waals surface area contributed by atoms with Crippen LogP contribution in [0.3, 0.4) is 0 Å². The van der Waals surface area contributed by atoms with E-state index in [0.717, 1.165) is 0 Å². The first-order valence-corrected chi connectivity index (χ1v) is 5.56. The molecule has 0 aromatic rings. The fourth-order valence-electron chi connectivity index (χ4n) is 1.88. The number of carbonyl (C=O) groups is 2. The molecule has 0 spiro atoms. The molecule has 0 aromatic carbocycles. The molecule has 2 heterocycles. The number of hydrogen-bond donors (Lipinski definition) is 3. The van der Waals surface area contributed by atoms with Crippen molar-refractivity contribution in [2.75, 3.05) is 13.2 Å². The summed E-state index contributed by atoms with van der Waals surface area (Å²) in [6.07, 6.45) is -1.73. The van der Waals surface area contributed by atoms with Crippen LogP contribution < -0.4 is 16.0 Å². The van der Waals surface area contributed by atoms with Crippen LogP contribution in [0.25, 0.3) is 0 Å². The number of hydrogen-bond acceptors (Lipinski definition) is 4. The molecule has 0 bridgehead atoms. The van der Waals surface area contributed by atoms with E-state index in [1.807, 2.05) is 13.8 Å². The molecule has 2 saturated heterocycles. The van der Waals surface area contributed by atoms with Gasteiger partial charge < -0.3 is 25.4 Å². The summed E-state index contributed by atoms with van der Waals surface area (Å²) in [4.78, 5) is 24.3. The van der Waals surface area contributed by atoms with E-state index >= 15 is 0 Å². The van der Waals surface area contributed by atoms with Gasteiger partial charge in [-0.05, 0) is 13.8 Å². The van der Waals surface area contributed by atoms with E-state index in [2.05, 4.69) is 16.0 Å². The monoisotopic (exact) mass is 244 g/mol. The summed E-state index contributed by atoms with van der Waals surface area (Å²) in [5.41, 5.74) is 0. The Bertz CT molecular complexity index is 318. The lowest BCUT2D eigenvalue weighted by molar-refractivity contribution is -0.209. The van der Waals surface area contributed by atoms with Crippen molar-refractivity contribution in [1.82, 2.24) is 20.9 Å². The average Bonchev–Trinajstić information content (AvgIpc) is 2.72. The number of nitrogens with one attached hydrogen (secondary N) is 3. The van der Waals surface area contributed by atoms with E-state index < -0.39 is 18.7 Å². The SMILES string of the molecule is CCOC(OCC)N1C(=O)NC2NC(=O)NC21. The van der Waals surface area contributed by atoms with Crippen LogP contribution in [-0.2, 0) is 9.47 Å². The summed E-state index contributed by atoms with van der Waals surface area (Å²) in [5, 5.41) is 7.83. The van der Waals surface area contributed by atoms with Gasteiger partial charge in [-0.3, -0.25) is 4.90 Å². The smallest absolute Gasteiger partial charge is 0.324 e. The highest BCUT2D eigenvalue weighted by Gasteiger charge is 2.49. The Kier molecular flexibility index (Phi) is 3.34. The number of carbonyl (C=O) groups excluding carboxylic acids is 2. The van der Waals surface area contributed by atoms with E-state index in [0.29, 0.717) is 13.2 Å². The van der Waals surface area contributed by atoms with Gasteiger partial charge in [-0.1, -0.05) is 0 Å². The zero-order chi connectivity index (χ0) is 12.4. The van der Waals surface area contributed by atoms with E-state index in [4.69, 9.17) is 9.47 Å². The minimum absolute atomic E-state index is 0.322. The minimum Gasteiger partial charge on any atom is -0.335 e. The maximum atomic E-state index is 11.7. The van der Waals surface area contributed by atoms with Gasteiger partial charge in [0.05, 0.1) is 0 Å². The van der Waals surface area contributed by atoms with E-state index in [1.54, 1.807) is 0 Å². The van der Waals surface area contributed by atoms with Gasteiger partial charge in [-0.15, -0.1) is 0 Å². The highest BCUT2D eigenvalue weighted by atomic mass is 16.7. The van der Waals surface area contributed by atoms with Crippen LogP contribution in [0.4, 0.5) is 9.59 Å². The van der Waals surface area contributed by atoms with Crippen LogP contribution in [0.2, 0.25) is 0 Å². The first kappa shape index (κ1) is 11.9.